The number of benzene rings is 1. The highest BCUT2D eigenvalue weighted by atomic mass is 19.1. The number of aromatic nitrogens is 4. The number of nitrogens with one attached hydrogen (secondary N) is 4. The van der Waals surface area contributed by atoms with E-state index in [0.29, 0.717) is 108 Å². The van der Waals surface area contributed by atoms with Crippen molar-refractivity contribution in [3.63, 3.8) is 0 Å². The van der Waals surface area contributed by atoms with Crippen LogP contribution in [0, 0.1) is 0 Å². The number of hydrogen-bond acceptors (Lipinski definition) is 18. The molecule has 0 saturated heterocycles. The fourth-order valence-electron chi connectivity index (χ4n) is 6.74. The summed E-state index contributed by atoms with van der Waals surface area (Å²) in [7, 11) is 11.1. The van der Waals surface area contributed by atoms with E-state index < -0.39 is 12.2 Å². The van der Waals surface area contributed by atoms with Gasteiger partial charge in [-0.25, -0.2) is 18.9 Å². The molecule has 4 N–H and O–H groups in total. The lowest BCUT2D eigenvalue weighted by molar-refractivity contribution is -0.122. The Kier molecular flexibility index (Phi) is 26.4. The van der Waals surface area contributed by atoms with Crippen LogP contribution < -0.4 is 36.0 Å². The fourth-order valence-corrected chi connectivity index (χ4v) is 6.74. The van der Waals surface area contributed by atoms with Crippen molar-refractivity contribution in [1.29, 1.82) is 0 Å². The number of amides is 1. The summed E-state index contributed by atoms with van der Waals surface area (Å²) in [5.41, 5.74) is 4.54. The van der Waals surface area contributed by atoms with Gasteiger partial charge in [-0.1, -0.05) is 18.2 Å². The van der Waals surface area contributed by atoms with Gasteiger partial charge in [-0.05, 0) is 62.2 Å². The van der Waals surface area contributed by atoms with Crippen LogP contribution >= 0.6 is 0 Å². The van der Waals surface area contributed by atoms with Crippen molar-refractivity contribution < 1.29 is 47.3 Å². The van der Waals surface area contributed by atoms with Gasteiger partial charge in [0.25, 0.3) is 0 Å². The Morgan fingerprint density at radius 2 is 1.61 bits per heavy atom. The number of likely N-dealkylation sites (N-methyl/N-ethyl adjacent to an activating group) is 2. The molecule has 0 aliphatic heterocycles. The molecule has 5 rings (SSSR count). The molecule has 1 unspecified atom stereocenters. The second-order valence-electron chi connectivity index (χ2n) is 15.4. The maximum absolute atomic E-state index is 12.6. The van der Waals surface area contributed by atoms with Crippen molar-refractivity contribution in [3.8, 4) is 0 Å². The van der Waals surface area contributed by atoms with Gasteiger partial charge < -0.3 is 64.5 Å². The third kappa shape index (κ3) is 19.1. The summed E-state index contributed by atoms with van der Waals surface area (Å²) >= 11 is 0. The zero-order valence-electron chi connectivity index (χ0n) is 40.5. The Morgan fingerprint density at radius 1 is 0.928 bits per heavy atom. The number of hydrogen-bond donors (Lipinski definition) is 4. The van der Waals surface area contributed by atoms with E-state index in [4.69, 9.17) is 23.7 Å². The molecule has 1 amide bonds. The number of allylic oxidation sites excluding steroid dienone is 3. The molecule has 3 heterocycles. The van der Waals surface area contributed by atoms with Gasteiger partial charge in [-0.3, -0.25) is 14.4 Å². The van der Waals surface area contributed by atoms with E-state index in [0.717, 1.165) is 35.5 Å². The number of aldehydes is 3. The van der Waals surface area contributed by atoms with Gasteiger partial charge in [0.15, 0.2) is 24.0 Å². The SMILES string of the molecule is C=O.CNC(=O)C(CCC=O)N(C)c1cccc(CCOCCOCCOCCOCCNc2cc(N/C(C=O)=C/C=C\N(C)c3ccccn3)nn3c(C=O)cnc23)c1N(C)C.CN[C@@H]1C[C@@H]1F. The van der Waals surface area contributed by atoms with Gasteiger partial charge in [-0.2, -0.15) is 0 Å². The summed E-state index contributed by atoms with van der Waals surface area (Å²) in [4.78, 5) is 69.6. The molecular formula is C48H68FN11O9. The average Bonchev–Trinajstić information content (AvgIpc) is 3.95. The molecule has 0 spiro atoms. The molecule has 4 aromatic rings. The standard InChI is InChI=1S/C43H58N10O8.C4H8FN.CH2O/c1-44-43(57)38(14-10-20-54)52(5)37-13-8-11-33(41(37)50(2)3)16-21-58-23-25-60-27-28-61-26-24-59-22-18-45-36-29-39(49-53-35(32-56)30-47-42(36)53)48-34(31-55)12-9-19-51(4)40-15-6-7-17-46-40;1-6-4-2-3(4)5;1-2/h6-9,11-13,15,17,19-20,29-32,38,45H,10,14,16,18,21-28H2,1-5H3,(H,44,57)(H,48,49);3-4,6H,2H2,1H3;1H2/b19-9-,34-12+;;/t;3-,4+;/m.0./s1. The minimum absolute atomic E-state index is 0.137. The summed E-state index contributed by atoms with van der Waals surface area (Å²) in [5.74, 6) is 0.941. The predicted molar refractivity (Wildman–Crippen MR) is 265 cm³/mol. The van der Waals surface area contributed by atoms with Gasteiger partial charge in [0.05, 0.1) is 81.8 Å². The number of halogens is 1. The third-order valence-corrected chi connectivity index (χ3v) is 10.4. The number of rotatable bonds is 31. The van der Waals surface area contributed by atoms with Crippen molar-refractivity contribution in [3.05, 3.63) is 90.2 Å². The molecule has 1 aliphatic rings. The molecule has 376 valence electrons. The highest BCUT2D eigenvalue weighted by Crippen LogP contribution is 2.33. The van der Waals surface area contributed by atoms with Crippen molar-refractivity contribution >= 4 is 65.9 Å². The molecule has 3 atom stereocenters. The lowest BCUT2D eigenvalue weighted by Crippen LogP contribution is -2.44. The molecule has 69 heavy (non-hydrogen) atoms. The van der Waals surface area contributed by atoms with Crippen LogP contribution in [0.25, 0.3) is 5.65 Å². The van der Waals surface area contributed by atoms with E-state index in [9.17, 15) is 23.6 Å². The Labute approximate surface area is 403 Å². The van der Waals surface area contributed by atoms with E-state index in [1.54, 1.807) is 44.7 Å². The van der Waals surface area contributed by atoms with Crippen LogP contribution in [0.4, 0.5) is 33.1 Å². The van der Waals surface area contributed by atoms with Crippen LogP contribution in [0.3, 0.4) is 0 Å². The minimum Gasteiger partial charge on any atom is -0.380 e. The first kappa shape index (κ1) is 56.7. The van der Waals surface area contributed by atoms with Crippen LogP contribution in [-0.4, -0.2) is 171 Å². The molecule has 3 aromatic heterocycles. The second-order valence-corrected chi connectivity index (χ2v) is 15.4. The molecule has 21 heteroatoms. The van der Waals surface area contributed by atoms with Gasteiger partial charge in [0, 0.05) is 72.7 Å². The molecule has 0 bridgehead atoms. The third-order valence-electron chi connectivity index (χ3n) is 10.4. The van der Waals surface area contributed by atoms with Crippen molar-refractivity contribution in [1.82, 2.24) is 30.2 Å². The summed E-state index contributed by atoms with van der Waals surface area (Å²) in [6.45, 7) is 5.78. The number of pyridine rings is 1. The highest BCUT2D eigenvalue weighted by Gasteiger charge is 2.35. The maximum atomic E-state index is 12.6. The normalized spacial score (nSPS) is 14.4. The van der Waals surface area contributed by atoms with Gasteiger partial charge in [-0.15, -0.1) is 5.10 Å². The molecule has 1 saturated carbocycles. The largest absolute Gasteiger partial charge is 0.380 e. The summed E-state index contributed by atoms with van der Waals surface area (Å²) in [6.07, 6.45) is 12.0. The lowest BCUT2D eigenvalue weighted by Gasteiger charge is -2.33. The fraction of sp³-hybridized carbons (Fsp3) is 0.458. The van der Waals surface area contributed by atoms with Crippen molar-refractivity contribution in [2.24, 2.45) is 0 Å². The predicted octanol–water partition coefficient (Wildman–Crippen LogP) is 3.53. The zero-order valence-corrected chi connectivity index (χ0v) is 40.5. The van der Waals surface area contributed by atoms with E-state index >= 15 is 0 Å². The first-order chi connectivity index (χ1) is 33.6. The van der Waals surface area contributed by atoms with E-state index in [1.807, 2.05) is 80.0 Å². The molecule has 1 fully saturated rings. The number of anilines is 5. The number of fused-ring (bicyclic) bond motifs is 1. The Balaban J connectivity index is 0.00000144. The van der Waals surface area contributed by atoms with Gasteiger partial charge in [0.2, 0.25) is 5.91 Å². The van der Waals surface area contributed by atoms with Crippen molar-refractivity contribution in [2.45, 2.75) is 43.9 Å². The van der Waals surface area contributed by atoms with Crippen molar-refractivity contribution in [2.75, 3.05) is 127 Å². The minimum atomic E-state index is -0.546. The Morgan fingerprint density at radius 3 is 2.17 bits per heavy atom. The molecule has 20 nitrogen and oxygen atoms in total. The quantitative estimate of drug-likeness (QED) is 0.0245. The average molecular weight is 962 g/mol. The first-order valence-corrected chi connectivity index (χ1v) is 22.5. The van der Waals surface area contributed by atoms with Crippen LogP contribution in [-0.2, 0) is 44.5 Å². The maximum Gasteiger partial charge on any atom is 0.242 e. The number of imidazole rings is 1. The monoisotopic (exact) mass is 962 g/mol. The van der Waals surface area contributed by atoms with E-state index in [1.165, 1.54) is 10.7 Å². The Hall–Kier alpha value is -6.65. The summed E-state index contributed by atoms with van der Waals surface area (Å²) in [6, 6.07) is 13.0. The topological polar surface area (TPSA) is 223 Å². The lowest BCUT2D eigenvalue weighted by atomic mass is 10.0. The summed E-state index contributed by atoms with van der Waals surface area (Å²) in [5, 5.41) is 16.3. The van der Waals surface area contributed by atoms with E-state index in [2.05, 4.69) is 42.4 Å². The first-order valence-electron chi connectivity index (χ1n) is 22.5. The number of alkyl halides is 1. The van der Waals surface area contributed by atoms with Crippen LogP contribution in [0.5, 0.6) is 0 Å². The number of para-hydroxylation sites is 1. The Bertz CT molecular complexity index is 2210. The number of carbonyl (C=O) groups is 5. The highest BCUT2D eigenvalue weighted by molar-refractivity contribution is 5.87. The summed E-state index contributed by atoms with van der Waals surface area (Å²) < 4.78 is 36.0. The molecule has 1 aliphatic carbocycles. The molecule has 1 aromatic carbocycles. The molecule has 0 radical (unpaired) electrons. The zero-order chi connectivity index (χ0) is 50.4. The van der Waals surface area contributed by atoms with Gasteiger partial charge in [0.1, 0.15) is 36.8 Å². The van der Waals surface area contributed by atoms with Crippen LogP contribution in [0.1, 0.15) is 35.3 Å². The van der Waals surface area contributed by atoms with Crippen LogP contribution in [0.15, 0.2) is 78.9 Å². The van der Waals surface area contributed by atoms with Gasteiger partial charge >= 0.3 is 0 Å². The second kappa shape index (κ2) is 32.2. The molecular weight excluding hydrogens is 894 g/mol. The number of nitrogens with zero attached hydrogens (tertiary/aromatic N) is 7. The number of carbonyl (C=O) groups excluding carboxylic acids is 5. The smallest absolute Gasteiger partial charge is 0.242 e. The van der Waals surface area contributed by atoms with E-state index in [-0.39, 0.29) is 23.3 Å². The number of ether oxygens (including phenoxy) is 4. The van der Waals surface area contributed by atoms with Crippen LogP contribution in [0.2, 0.25) is 0 Å².